The molecule has 0 radical (unpaired) electrons. The predicted octanol–water partition coefficient (Wildman–Crippen LogP) is 0.0729. The number of nitrogens with one attached hydrogen (secondary N) is 1. The molecular formula is C14H22N6O2. The molecule has 0 saturated carbocycles. The predicted molar refractivity (Wildman–Crippen MR) is 78.9 cm³/mol. The summed E-state index contributed by atoms with van der Waals surface area (Å²) in [6.07, 6.45) is 5.49. The van der Waals surface area contributed by atoms with Gasteiger partial charge in [0.1, 0.15) is 18.2 Å². The lowest BCUT2D eigenvalue weighted by molar-refractivity contribution is -0.130. The van der Waals surface area contributed by atoms with Crippen LogP contribution in [0.5, 0.6) is 0 Å². The lowest BCUT2D eigenvalue weighted by atomic mass is 10.1. The smallest absolute Gasteiger partial charge is 0.324 e. The molecule has 22 heavy (non-hydrogen) atoms. The molecule has 8 nitrogen and oxygen atoms in total. The fourth-order valence-corrected chi connectivity index (χ4v) is 3.19. The molecule has 3 amide bonds. The van der Waals surface area contributed by atoms with Crippen molar-refractivity contribution < 1.29 is 9.59 Å². The maximum atomic E-state index is 12.2. The van der Waals surface area contributed by atoms with E-state index in [0.29, 0.717) is 19.1 Å². The molecule has 2 saturated heterocycles. The number of urea groups is 1. The van der Waals surface area contributed by atoms with E-state index in [1.165, 1.54) is 11.2 Å². The number of hydrogen-bond donors (Lipinski definition) is 1. The average Bonchev–Trinajstić information content (AvgIpc) is 3.14. The Morgan fingerprint density at radius 2 is 2.18 bits per heavy atom. The number of hydrogen-bond acceptors (Lipinski definition) is 5. The number of carbonyl (C=O) groups excluding carboxylic acids is 2. The van der Waals surface area contributed by atoms with Crippen molar-refractivity contribution in [2.45, 2.75) is 44.8 Å². The van der Waals surface area contributed by atoms with Gasteiger partial charge in [-0.15, -0.1) is 0 Å². The zero-order chi connectivity index (χ0) is 15.7. The van der Waals surface area contributed by atoms with E-state index in [-0.39, 0.29) is 11.9 Å². The minimum absolute atomic E-state index is 0.149. The second-order valence-electron chi connectivity index (χ2n) is 6.46. The van der Waals surface area contributed by atoms with Crippen LogP contribution in [0.2, 0.25) is 0 Å². The first-order valence-corrected chi connectivity index (χ1v) is 7.68. The van der Waals surface area contributed by atoms with Gasteiger partial charge in [-0.2, -0.15) is 5.10 Å². The number of nitrogens with zero attached hydrogens (tertiary/aromatic N) is 5. The molecule has 8 heteroatoms. The van der Waals surface area contributed by atoms with Crippen LogP contribution in [0.3, 0.4) is 0 Å². The standard InChI is InChI=1S/C14H22N6O2/c1-14(2)12(21)20(13(22)17-14)7-6-18-5-3-4-11(18)8-19-10-15-9-16-19/h9-11H,3-8H2,1-2H3,(H,17,22)/t11-/m0/s1. The molecule has 1 atom stereocenters. The minimum atomic E-state index is -0.789. The molecule has 0 aliphatic carbocycles. The number of likely N-dealkylation sites (tertiary alicyclic amines) is 1. The second-order valence-corrected chi connectivity index (χ2v) is 6.46. The summed E-state index contributed by atoms with van der Waals surface area (Å²) in [4.78, 5) is 31.7. The Kier molecular flexibility index (Phi) is 3.86. The average molecular weight is 306 g/mol. The summed E-state index contributed by atoms with van der Waals surface area (Å²) in [5, 5.41) is 6.86. The molecular weight excluding hydrogens is 284 g/mol. The lowest BCUT2D eigenvalue weighted by Crippen LogP contribution is -2.43. The molecule has 1 aromatic heterocycles. The monoisotopic (exact) mass is 306 g/mol. The molecule has 2 aliphatic heterocycles. The molecule has 1 aromatic rings. The highest BCUT2D eigenvalue weighted by atomic mass is 16.2. The van der Waals surface area contributed by atoms with E-state index >= 15 is 0 Å². The third kappa shape index (κ3) is 2.83. The van der Waals surface area contributed by atoms with Gasteiger partial charge in [0.15, 0.2) is 0 Å². The fraction of sp³-hybridized carbons (Fsp3) is 0.714. The Balaban J connectivity index is 1.56. The van der Waals surface area contributed by atoms with Gasteiger partial charge in [-0.3, -0.25) is 19.3 Å². The molecule has 0 bridgehead atoms. The molecule has 3 rings (SSSR count). The van der Waals surface area contributed by atoms with Crippen molar-refractivity contribution in [2.75, 3.05) is 19.6 Å². The van der Waals surface area contributed by atoms with Crippen LogP contribution in [0.25, 0.3) is 0 Å². The summed E-state index contributed by atoms with van der Waals surface area (Å²) < 4.78 is 1.83. The zero-order valence-corrected chi connectivity index (χ0v) is 13.0. The van der Waals surface area contributed by atoms with Gasteiger partial charge in [0.25, 0.3) is 5.91 Å². The summed E-state index contributed by atoms with van der Waals surface area (Å²) >= 11 is 0. The third-order valence-corrected chi connectivity index (χ3v) is 4.42. The van der Waals surface area contributed by atoms with Crippen LogP contribution >= 0.6 is 0 Å². The van der Waals surface area contributed by atoms with Gasteiger partial charge in [0.05, 0.1) is 6.54 Å². The van der Waals surface area contributed by atoms with Crippen molar-refractivity contribution in [1.29, 1.82) is 0 Å². The fourth-order valence-electron chi connectivity index (χ4n) is 3.19. The molecule has 2 aliphatic rings. The number of amides is 3. The molecule has 0 spiro atoms. The van der Waals surface area contributed by atoms with Gasteiger partial charge in [0.2, 0.25) is 0 Å². The Labute approximate surface area is 129 Å². The number of aromatic nitrogens is 3. The Morgan fingerprint density at radius 1 is 1.36 bits per heavy atom. The van der Waals surface area contributed by atoms with Gasteiger partial charge >= 0.3 is 6.03 Å². The van der Waals surface area contributed by atoms with Gasteiger partial charge in [-0.1, -0.05) is 0 Å². The Bertz CT molecular complexity index is 556. The number of rotatable bonds is 5. The Hall–Kier alpha value is -1.96. The molecule has 1 N–H and O–H groups in total. The van der Waals surface area contributed by atoms with Crippen molar-refractivity contribution in [3.8, 4) is 0 Å². The first kappa shape index (κ1) is 15.0. The largest absolute Gasteiger partial charge is 0.325 e. The zero-order valence-electron chi connectivity index (χ0n) is 13.0. The molecule has 3 heterocycles. The first-order valence-electron chi connectivity index (χ1n) is 7.68. The van der Waals surface area contributed by atoms with Crippen LogP contribution in [-0.4, -0.2) is 67.7 Å². The van der Waals surface area contributed by atoms with E-state index < -0.39 is 5.54 Å². The highest BCUT2D eigenvalue weighted by molar-refractivity contribution is 6.06. The van der Waals surface area contributed by atoms with E-state index in [1.807, 2.05) is 4.68 Å². The molecule has 2 fully saturated rings. The highest BCUT2D eigenvalue weighted by Crippen LogP contribution is 2.20. The van der Waals surface area contributed by atoms with Crippen LogP contribution in [0.4, 0.5) is 4.79 Å². The minimum Gasteiger partial charge on any atom is -0.324 e. The topological polar surface area (TPSA) is 83.4 Å². The maximum Gasteiger partial charge on any atom is 0.325 e. The van der Waals surface area contributed by atoms with E-state index in [2.05, 4.69) is 20.3 Å². The second kappa shape index (κ2) is 5.68. The van der Waals surface area contributed by atoms with E-state index in [9.17, 15) is 9.59 Å². The molecule has 120 valence electrons. The van der Waals surface area contributed by atoms with Gasteiger partial charge in [0, 0.05) is 19.1 Å². The van der Waals surface area contributed by atoms with Crippen LogP contribution in [0.1, 0.15) is 26.7 Å². The quantitative estimate of drug-likeness (QED) is 0.779. The summed E-state index contributed by atoms with van der Waals surface area (Å²) in [7, 11) is 0. The van der Waals surface area contributed by atoms with E-state index in [0.717, 1.165) is 25.9 Å². The van der Waals surface area contributed by atoms with Gasteiger partial charge in [-0.05, 0) is 33.2 Å². The van der Waals surface area contributed by atoms with Crippen molar-refractivity contribution in [1.82, 2.24) is 29.9 Å². The van der Waals surface area contributed by atoms with E-state index in [1.54, 1.807) is 20.2 Å². The number of imide groups is 1. The van der Waals surface area contributed by atoms with Crippen LogP contribution < -0.4 is 5.32 Å². The van der Waals surface area contributed by atoms with Crippen molar-refractivity contribution in [2.24, 2.45) is 0 Å². The Morgan fingerprint density at radius 3 is 2.82 bits per heavy atom. The lowest BCUT2D eigenvalue weighted by Gasteiger charge is -2.26. The van der Waals surface area contributed by atoms with Crippen molar-refractivity contribution in [3.63, 3.8) is 0 Å². The maximum absolute atomic E-state index is 12.2. The molecule has 0 unspecified atom stereocenters. The summed E-state index contributed by atoms with van der Waals surface area (Å²) in [6, 6.07) is 0.0949. The third-order valence-electron chi connectivity index (χ3n) is 4.42. The highest BCUT2D eigenvalue weighted by Gasteiger charge is 2.44. The normalized spacial score (nSPS) is 25.0. The molecule has 0 aromatic carbocycles. The summed E-state index contributed by atoms with van der Waals surface area (Å²) in [5.74, 6) is -0.149. The van der Waals surface area contributed by atoms with Crippen molar-refractivity contribution in [3.05, 3.63) is 12.7 Å². The first-order chi connectivity index (χ1) is 10.5. The number of carbonyl (C=O) groups is 2. The van der Waals surface area contributed by atoms with Gasteiger partial charge < -0.3 is 5.32 Å². The SMILES string of the molecule is CC1(C)NC(=O)N(CCN2CCC[C@H]2Cn2cncn2)C1=O. The summed E-state index contributed by atoms with van der Waals surface area (Å²) in [6.45, 7) is 6.39. The van der Waals surface area contributed by atoms with Crippen molar-refractivity contribution >= 4 is 11.9 Å². The van der Waals surface area contributed by atoms with Crippen LogP contribution in [0, 0.1) is 0 Å². The van der Waals surface area contributed by atoms with Gasteiger partial charge in [-0.25, -0.2) is 9.78 Å². The van der Waals surface area contributed by atoms with Crippen LogP contribution in [0.15, 0.2) is 12.7 Å². The van der Waals surface area contributed by atoms with Crippen LogP contribution in [-0.2, 0) is 11.3 Å². The summed E-state index contributed by atoms with van der Waals surface area (Å²) in [5.41, 5.74) is -0.789. The van der Waals surface area contributed by atoms with E-state index in [4.69, 9.17) is 0 Å².